The number of hydrogen-bond donors (Lipinski definition) is 2. The van der Waals surface area contributed by atoms with Crippen LogP contribution in [0.5, 0.6) is 0 Å². The number of aliphatic hydroxyl groups is 1. The fourth-order valence-electron chi connectivity index (χ4n) is 3.10. The first-order chi connectivity index (χ1) is 8.57. The topological polar surface area (TPSA) is 57.5 Å². The first kappa shape index (κ1) is 11.7. The molecule has 2 saturated carbocycles. The van der Waals surface area contributed by atoms with E-state index in [1.165, 1.54) is 0 Å². The van der Waals surface area contributed by atoms with Crippen LogP contribution in [0.4, 0.5) is 0 Å². The Balaban J connectivity index is 1.88. The van der Waals surface area contributed by atoms with Crippen LogP contribution in [0.1, 0.15) is 49.7 Å². The Morgan fingerprint density at radius 2 is 1.44 bits per heavy atom. The van der Waals surface area contributed by atoms with E-state index in [0.29, 0.717) is 0 Å². The van der Waals surface area contributed by atoms with E-state index in [1.807, 2.05) is 24.3 Å². The highest BCUT2D eigenvalue weighted by Gasteiger charge is 2.51. The van der Waals surface area contributed by atoms with E-state index < -0.39 is 17.0 Å². The number of hydrogen-bond acceptors (Lipinski definition) is 2. The maximum atomic E-state index is 11.2. The largest absolute Gasteiger partial charge is 0.481 e. The minimum atomic E-state index is -0.727. The first-order valence-corrected chi connectivity index (χ1v) is 6.64. The predicted molar refractivity (Wildman–Crippen MR) is 67.4 cm³/mol. The van der Waals surface area contributed by atoms with E-state index in [0.717, 1.165) is 49.7 Å². The van der Waals surface area contributed by atoms with Crippen molar-refractivity contribution in [3.8, 4) is 0 Å². The van der Waals surface area contributed by atoms with E-state index in [2.05, 4.69) is 0 Å². The second-order valence-corrected chi connectivity index (χ2v) is 5.70. The molecule has 2 aliphatic carbocycles. The Morgan fingerprint density at radius 1 is 0.944 bits per heavy atom. The molecule has 0 heterocycles. The van der Waals surface area contributed by atoms with Gasteiger partial charge in [-0.3, -0.25) is 4.79 Å². The molecular formula is C15H18O3. The maximum absolute atomic E-state index is 11.2. The Hall–Kier alpha value is -1.35. The summed E-state index contributed by atoms with van der Waals surface area (Å²) in [5, 5.41) is 19.7. The van der Waals surface area contributed by atoms with Crippen LogP contribution in [0.3, 0.4) is 0 Å². The average Bonchev–Trinajstić information content (AvgIpc) is 3.07. The second-order valence-electron chi connectivity index (χ2n) is 5.70. The molecule has 3 nitrogen and oxygen atoms in total. The van der Waals surface area contributed by atoms with Gasteiger partial charge in [0.1, 0.15) is 0 Å². The molecule has 0 spiro atoms. The number of carboxylic acid groups (broad SMARTS) is 1. The number of rotatable bonds is 3. The normalized spacial score (nSPS) is 23.8. The van der Waals surface area contributed by atoms with Crippen LogP contribution in [0.25, 0.3) is 0 Å². The summed E-state index contributed by atoms with van der Waals surface area (Å²) < 4.78 is 0. The zero-order valence-corrected chi connectivity index (χ0v) is 10.4. The summed E-state index contributed by atoms with van der Waals surface area (Å²) in [6.07, 6.45) is 5.22. The van der Waals surface area contributed by atoms with Crippen LogP contribution in [0.15, 0.2) is 24.3 Å². The third kappa shape index (κ3) is 1.65. The van der Waals surface area contributed by atoms with E-state index in [9.17, 15) is 15.0 Å². The summed E-state index contributed by atoms with van der Waals surface area (Å²) in [6, 6.07) is 7.58. The van der Waals surface area contributed by atoms with Gasteiger partial charge in [-0.1, -0.05) is 37.1 Å². The van der Waals surface area contributed by atoms with Crippen LogP contribution in [0, 0.1) is 0 Å². The highest BCUT2D eigenvalue weighted by molar-refractivity contribution is 5.84. The van der Waals surface area contributed by atoms with Gasteiger partial charge in [-0.05, 0) is 36.8 Å². The molecule has 0 radical (unpaired) electrons. The van der Waals surface area contributed by atoms with Gasteiger partial charge in [-0.15, -0.1) is 0 Å². The SMILES string of the molecule is O=C(O)C1(c2ccc(C3(O)CCCC3)cc2)CC1. The van der Waals surface area contributed by atoms with Crippen molar-refractivity contribution in [2.75, 3.05) is 0 Å². The summed E-state index contributed by atoms with van der Waals surface area (Å²) in [6.45, 7) is 0. The molecule has 0 saturated heterocycles. The molecule has 3 heteroatoms. The van der Waals surface area contributed by atoms with Gasteiger partial charge in [0, 0.05) is 0 Å². The summed E-state index contributed by atoms with van der Waals surface area (Å²) in [7, 11) is 0. The van der Waals surface area contributed by atoms with Crippen LogP contribution >= 0.6 is 0 Å². The fraction of sp³-hybridized carbons (Fsp3) is 0.533. The fourth-order valence-corrected chi connectivity index (χ4v) is 3.10. The molecule has 0 aliphatic heterocycles. The van der Waals surface area contributed by atoms with E-state index in [-0.39, 0.29) is 0 Å². The molecule has 2 fully saturated rings. The zero-order chi connectivity index (χ0) is 12.8. The third-order valence-electron chi connectivity index (χ3n) is 4.56. The number of aliphatic carboxylic acids is 1. The maximum Gasteiger partial charge on any atom is 0.314 e. The summed E-state index contributed by atoms with van der Waals surface area (Å²) in [5.41, 5.74) is 0.486. The van der Waals surface area contributed by atoms with Gasteiger partial charge in [-0.2, -0.15) is 0 Å². The molecule has 2 aliphatic rings. The monoisotopic (exact) mass is 246 g/mol. The van der Waals surface area contributed by atoms with Crippen molar-refractivity contribution in [3.63, 3.8) is 0 Å². The summed E-state index contributed by atoms with van der Waals surface area (Å²) >= 11 is 0. The van der Waals surface area contributed by atoms with Crippen molar-refractivity contribution in [1.29, 1.82) is 0 Å². The molecule has 18 heavy (non-hydrogen) atoms. The quantitative estimate of drug-likeness (QED) is 0.861. The standard InChI is InChI=1S/C15H18O3/c16-13(17)14(9-10-14)11-3-5-12(6-4-11)15(18)7-1-2-8-15/h3-6,18H,1-2,7-10H2,(H,16,17). The molecule has 1 aromatic rings. The minimum absolute atomic E-state index is 0.642. The molecule has 1 aromatic carbocycles. The Morgan fingerprint density at radius 3 is 1.89 bits per heavy atom. The van der Waals surface area contributed by atoms with Crippen molar-refractivity contribution < 1.29 is 15.0 Å². The molecular weight excluding hydrogens is 228 g/mol. The average molecular weight is 246 g/mol. The van der Waals surface area contributed by atoms with Crippen LogP contribution in [-0.2, 0) is 15.8 Å². The lowest BCUT2D eigenvalue weighted by Crippen LogP contribution is -2.22. The van der Waals surface area contributed by atoms with Gasteiger partial charge in [0.15, 0.2) is 0 Å². The Labute approximate surface area is 106 Å². The molecule has 3 rings (SSSR count). The number of carbonyl (C=O) groups is 1. The number of benzene rings is 1. The highest BCUT2D eigenvalue weighted by atomic mass is 16.4. The van der Waals surface area contributed by atoms with Crippen molar-refractivity contribution in [2.24, 2.45) is 0 Å². The van der Waals surface area contributed by atoms with Crippen molar-refractivity contribution >= 4 is 5.97 Å². The van der Waals surface area contributed by atoms with Crippen molar-refractivity contribution in [2.45, 2.75) is 49.5 Å². The summed E-state index contributed by atoms with van der Waals surface area (Å²) in [4.78, 5) is 11.2. The third-order valence-corrected chi connectivity index (χ3v) is 4.56. The predicted octanol–water partition coefficient (Wildman–Crippen LogP) is 2.56. The smallest absolute Gasteiger partial charge is 0.314 e. The van der Waals surface area contributed by atoms with E-state index >= 15 is 0 Å². The lowest BCUT2D eigenvalue weighted by atomic mass is 9.88. The molecule has 0 unspecified atom stereocenters. The van der Waals surface area contributed by atoms with Gasteiger partial charge in [0.2, 0.25) is 0 Å². The Bertz CT molecular complexity index is 465. The summed E-state index contributed by atoms with van der Waals surface area (Å²) in [5.74, 6) is -0.727. The second kappa shape index (κ2) is 3.82. The number of carboxylic acids is 1. The van der Waals surface area contributed by atoms with Gasteiger partial charge in [0.25, 0.3) is 0 Å². The zero-order valence-electron chi connectivity index (χ0n) is 10.4. The molecule has 0 atom stereocenters. The molecule has 0 bridgehead atoms. The van der Waals surface area contributed by atoms with Crippen molar-refractivity contribution in [3.05, 3.63) is 35.4 Å². The van der Waals surface area contributed by atoms with E-state index in [4.69, 9.17) is 0 Å². The van der Waals surface area contributed by atoms with Crippen LogP contribution < -0.4 is 0 Å². The molecule has 0 amide bonds. The van der Waals surface area contributed by atoms with Gasteiger partial charge in [-0.25, -0.2) is 0 Å². The van der Waals surface area contributed by atoms with E-state index in [1.54, 1.807) is 0 Å². The van der Waals surface area contributed by atoms with Crippen molar-refractivity contribution in [1.82, 2.24) is 0 Å². The molecule has 0 aromatic heterocycles. The van der Waals surface area contributed by atoms with Crippen LogP contribution in [0.2, 0.25) is 0 Å². The van der Waals surface area contributed by atoms with Crippen LogP contribution in [-0.4, -0.2) is 16.2 Å². The van der Waals surface area contributed by atoms with Gasteiger partial charge >= 0.3 is 5.97 Å². The first-order valence-electron chi connectivity index (χ1n) is 6.64. The lowest BCUT2D eigenvalue weighted by molar-refractivity contribution is -0.140. The lowest BCUT2D eigenvalue weighted by Gasteiger charge is -2.23. The highest BCUT2D eigenvalue weighted by Crippen LogP contribution is 2.49. The van der Waals surface area contributed by atoms with Gasteiger partial charge in [0.05, 0.1) is 11.0 Å². The minimum Gasteiger partial charge on any atom is -0.481 e. The molecule has 96 valence electrons. The Kier molecular flexibility index (Phi) is 2.49. The molecule has 2 N–H and O–H groups in total. The van der Waals surface area contributed by atoms with Gasteiger partial charge < -0.3 is 10.2 Å².